The van der Waals surface area contributed by atoms with E-state index >= 15 is 0 Å². The van der Waals surface area contributed by atoms with Crippen molar-refractivity contribution in [2.24, 2.45) is 0 Å². The van der Waals surface area contributed by atoms with Gasteiger partial charge in [0.15, 0.2) is 0 Å². The smallest absolute Gasteiger partial charge is 0.112 e. The van der Waals surface area contributed by atoms with Gasteiger partial charge in [-0.1, -0.05) is 18.2 Å². The monoisotopic (exact) mass is 202 g/mol. The van der Waals surface area contributed by atoms with E-state index in [4.69, 9.17) is 4.74 Å². The SMILES string of the molecule is CC1(C)OC1c1ccc2c(c1)CCCC2. The molecule has 3 rings (SSSR count). The molecule has 1 heterocycles. The van der Waals surface area contributed by atoms with Gasteiger partial charge in [-0.15, -0.1) is 0 Å². The van der Waals surface area contributed by atoms with E-state index in [9.17, 15) is 0 Å². The van der Waals surface area contributed by atoms with E-state index in [1.54, 1.807) is 11.1 Å². The van der Waals surface area contributed by atoms with Gasteiger partial charge in [-0.2, -0.15) is 0 Å². The fraction of sp³-hybridized carbons (Fsp3) is 0.571. The van der Waals surface area contributed by atoms with Gasteiger partial charge in [0, 0.05) is 0 Å². The summed E-state index contributed by atoms with van der Waals surface area (Å²) in [6, 6.07) is 6.93. The topological polar surface area (TPSA) is 12.5 Å². The normalized spacial score (nSPS) is 27.2. The Morgan fingerprint density at radius 2 is 1.80 bits per heavy atom. The van der Waals surface area contributed by atoms with Gasteiger partial charge in [-0.05, 0) is 56.2 Å². The number of hydrogen-bond acceptors (Lipinski definition) is 1. The van der Waals surface area contributed by atoms with Crippen LogP contribution in [0, 0.1) is 0 Å². The largest absolute Gasteiger partial charge is 0.362 e. The molecule has 0 spiro atoms. The fourth-order valence-corrected chi connectivity index (χ4v) is 2.66. The van der Waals surface area contributed by atoms with Crippen LogP contribution in [0.1, 0.15) is 49.5 Å². The summed E-state index contributed by atoms with van der Waals surface area (Å²) in [5, 5.41) is 0. The molecule has 1 unspecified atom stereocenters. The van der Waals surface area contributed by atoms with E-state index < -0.39 is 0 Å². The highest BCUT2D eigenvalue weighted by Crippen LogP contribution is 2.49. The van der Waals surface area contributed by atoms with Crippen LogP contribution in [-0.2, 0) is 17.6 Å². The predicted molar refractivity (Wildman–Crippen MR) is 61.0 cm³/mol. The zero-order valence-corrected chi connectivity index (χ0v) is 9.55. The molecule has 0 aromatic heterocycles. The second-order valence-corrected chi connectivity index (χ2v) is 5.34. The standard InChI is InChI=1S/C14H18O/c1-14(2)13(15-14)12-8-7-10-5-3-4-6-11(10)9-12/h7-9,13H,3-6H2,1-2H3. The van der Waals surface area contributed by atoms with Crippen LogP contribution in [0.4, 0.5) is 0 Å². The lowest BCUT2D eigenvalue weighted by atomic mass is 9.89. The third-order valence-electron chi connectivity index (χ3n) is 3.67. The molecule has 1 aromatic rings. The van der Waals surface area contributed by atoms with E-state index in [1.165, 1.54) is 31.2 Å². The zero-order valence-electron chi connectivity index (χ0n) is 9.55. The summed E-state index contributed by atoms with van der Waals surface area (Å²) in [5.41, 5.74) is 4.57. The number of benzene rings is 1. The highest BCUT2D eigenvalue weighted by atomic mass is 16.6. The average Bonchev–Trinajstić information content (AvgIpc) is 2.87. The molecule has 0 N–H and O–H groups in total. The molecular formula is C14H18O. The van der Waals surface area contributed by atoms with Crippen molar-refractivity contribution in [2.45, 2.75) is 51.2 Å². The molecule has 1 heteroatoms. The molecule has 1 aliphatic heterocycles. The summed E-state index contributed by atoms with van der Waals surface area (Å²) >= 11 is 0. The van der Waals surface area contributed by atoms with Crippen molar-refractivity contribution in [1.82, 2.24) is 0 Å². The minimum Gasteiger partial charge on any atom is -0.362 e. The Hall–Kier alpha value is -0.820. The molecule has 1 aromatic carbocycles. The van der Waals surface area contributed by atoms with Gasteiger partial charge in [0.2, 0.25) is 0 Å². The minimum atomic E-state index is 0.0723. The third kappa shape index (κ3) is 1.59. The number of hydrogen-bond donors (Lipinski definition) is 0. The average molecular weight is 202 g/mol. The minimum absolute atomic E-state index is 0.0723. The maximum Gasteiger partial charge on any atom is 0.112 e. The van der Waals surface area contributed by atoms with Crippen molar-refractivity contribution < 1.29 is 4.74 Å². The highest BCUT2D eigenvalue weighted by molar-refractivity contribution is 5.37. The van der Waals surface area contributed by atoms with Crippen LogP contribution >= 0.6 is 0 Å². The van der Waals surface area contributed by atoms with Gasteiger partial charge >= 0.3 is 0 Å². The predicted octanol–water partition coefficient (Wildman–Crippen LogP) is 3.42. The molecule has 1 nitrogen and oxygen atoms in total. The van der Waals surface area contributed by atoms with Crippen LogP contribution in [-0.4, -0.2) is 5.60 Å². The molecule has 1 fully saturated rings. The van der Waals surface area contributed by atoms with Crippen molar-refractivity contribution in [3.8, 4) is 0 Å². The van der Waals surface area contributed by atoms with Crippen molar-refractivity contribution in [2.75, 3.05) is 0 Å². The molecule has 0 amide bonds. The molecule has 0 radical (unpaired) electrons. The Morgan fingerprint density at radius 3 is 2.47 bits per heavy atom. The summed E-state index contributed by atoms with van der Waals surface area (Å²) in [6.07, 6.45) is 5.58. The molecular weight excluding hydrogens is 184 g/mol. The maximum absolute atomic E-state index is 5.68. The molecule has 0 saturated carbocycles. The summed E-state index contributed by atoms with van der Waals surface area (Å²) in [5.74, 6) is 0. The molecule has 2 aliphatic rings. The van der Waals surface area contributed by atoms with Gasteiger partial charge in [-0.3, -0.25) is 0 Å². The van der Waals surface area contributed by atoms with Crippen LogP contribution in [0.5, 0.6) is 0 Å². The second kappa shape index (κ2) is 3.08. The van der Waals surface area contributed by atoms with E-state index in [0.717, 1.165) is 0 Å². The summed E-state index contributed by atoms with van der Waals surface area (Å²) in [7, 11) is 0. The fourth-order valence-electron chi connectivity index (χ4n) is 2.66. The van der Waals surface area contributed by atoms with Gasteiger partial charge in [0.25, 0.3) is 0 Å². The van der Waals surface area contributed by atoms with Crippen molar-refractivity contribution >= 4 is 0 Å². The van der Waals surface area contributed by atoms with Crippen molar-refractivity contribution in [3.63, 3.8) is 0 Å². The zero-order chi connectivity index (χ0) is 10.5. The van der Waals surface area contributed by atoms with E-state index in [-0.39, 0.29) is 5.60 Å². The molecule has 1 atom stereocenters. The molecule has 1 saturated heterocycles. The lowest BCUT2D eigenvalue weighted by Gasteiger charge is -2.16. The number of fused-ring (bicyclic) bond motifs is 1. The molecule has 0 bridgehead atoms. The Morgan fingerprint density at radius 1 is 1.13 bits per heavy atom. The van der Waals surface area contributed by atoms with Crippen LogP contribution in [0.2, 0.25) is 0 Å². The van der Waals surface area contributed by atoms with Crippen LogP contribution in [0.3, 0.4) is 0 Å². The summed E-state index contributed by atoms with van der Waals surface area (Å²) < 4.78 is 5.68. The maximum atomic E-state index is 5.68. The summed E-state index contributed by atoms with van der Waals surface area (Å²) in [6.45, 7) is 4.33. The van der Waals surface area contributed by atoms with Gasteiger partial charge in [0.1, 0.15) is 6.10 Å². The number of rotatable bonds is 1. The molecule has 1 aliphatic carbocycles. The number of epoxide rings is 1. The quantitative estimate of drug-likeness (QED) is 0.636. The van der Waals surface area contributed by atoms with E-state index in [1.807, 2.05) is 0 Å². The first kappa shape index (κ1) is 9.41. The first-order valence-corrected chi connectivity index (χ1v) is 5.96. The third-order valence-corrected chi connectivity index (χ3v) is 3.67. The molecule has 80 valence electrons. The molecule has 15 heavy (non-hydrogen) atoms. The number of aryl methyl sites for hydroxylation is 2. The van der Waals surface area contributed by atoms with Crippen molar-refractivity contribution in [1.29, 1.82) is 0 Å². The summed E-state index contributed by atoms with van der Waals surface area (Å²) in [4.78, 5) is 0. The second-order valence-electron chi connectivity index (χ2n) is 5.34. The Balaban J connectivity index is 1.92. The van der Waals surface area contributed by atoms with E-state index in [2.05, 4.69) is 32.0 Å². The van der Waals surface area contributed by atoms with Crippen LogP contribution in [0.25, 0.3) is 0 Å². The Kier molecular flexibility index (Phi) is 1.93. The van der Waals surface area contributed by atoms with Crippen molar-refractivity contribution in [3.05, 3.63) is 34.9 Å². The van der Waals surface area contributed by atoms with Gasteiger partial charge < -0.3 is 4.74 Å². The highest BCUT2D eigenvalue weighted by Gasteiger charge is 2.48. The lowest BCUT2D eigenvalue weighted by molar-refractivity contribution is 0.325. The first-order chi connectivity index (χ1) is 7.17. The Labute approximate surface area is 91.5 Å². The number of ether oxygens (including phenoxy) is 1. The van der Waals surface area contributed by atoms with E-state index in [0.29, 0.717) is 6.10 Å². The lowest BCUT2D eigenvalue weighted by Crippen LogP contribution is -2.04. The Bertz CT molecular complexity index is 392. The van der Waals surface area contributed by atoms with Crippen LogP contribution < -0.4 is 0 Å². The van der Waals surface area contributed by atoms with Gasteiger partial charge in [0.05, 0.1) is 5.60 Å². The van der Waals surface area contributed by atoms with Gasteiger partial charge in [-0.25, -0.2) is 0 Å². The van der Waals surface area contributed by atoms with Crippen LogP contribution in [0.15, 0.2) is 18.2 Å². The first-order valence-electron chi connectivity index (χ1n) is 5.96.